The van der Waals surface area contributed by atoms with Gasteiger partial charge in [-0.1, -0.05) is 0 Å². The standard InChI is InChI=1S/C14H19NO4/c1-3-19-13-8-10(14(16)17)11(9-12(13)18-2)15-6-4-5-7-15/h8-9H,3-7H2,1-2H3,(H,16,17). The van der Waals surface area contributed by atoms with E-state index in [0.29, 0.717) is 23.8 Å². The maximum Gasteiger partial charge on any atom is 0.337 e. The average Bonchev–Trinajstić information content (AvgIpc) is 2.92. The molecule has 5 heteroatoms. The molecule has 104 valence electrons. The van der Waals surface area contributed by atoms with Crippen LogP contribution >= 0.6 is 0 Å². The number of hydrogen-bond donors (Lipinski definition) is 1. The highest BCUT2D eigenvalue weighted by Crippen LogP contribution is 2.36. The van der Waals surface area contributed by atoms with Gasteiger partial charge in [0.2, 0.25) is 0 Å². The first-order valence-corrected chi connectivity index (χ1v) is 6.50. The molecule has 1 N–H and O–H groups in total. The first-order chi connectivity index (χ1) is 9.17. The first-order valence-electron chi connectivity index (χ1n) is 6.50. The SMILES string of the molecule is CCOc1cc(C(=O)O)c(N2CCCC2)cc1OC. The summed E-state index contributed by atoms with van der Waals surface area (Å²) in [5.41, 5.74) is 0.983. The number of carbonyl (C=O) groups is 1. The van der Waals surface area contributed by atoms with Crippen LogP contribution in [0.15, 0.2) is 12.1 Å². The van der Waals surface area contributed by atoms with Gasteiger partial charge in [0.15, 0.2) is 11.5 Å². The van der Waals surface area contributed by atoms with E-state index in [1.165, 1.54) is 0 Å². The third-order valence-electron chi connectivity index (χ3n) is 3.26. The summed E-state index contributed by atoms with van der Waals surface area (Å²) in [7, 11) is 1.56. The lowest BCUT2D eigenvalue weighted by molar-refractivity contribution is 0.0697. The third-order valence-corrected chi connectivity index (χ3v) is 3.26. The summed E-state index contributed by atoms with van der Waals surface area (Å²) in [4.78, 5) is 13.5. The van der Waals surface area contributed by atoms with Crippen molar-refractivity contribution < 1.29 is 19.4 Å². The van der Waals surface area contributed by atoms with Crippen LogP contribution in [0.5, 0.6) is 11.5 Å². The van der Waals surface area contributed by atoms with Gasteiger partial charge in [0.05, 0.1) is 25.0 Å². The largest absolute Gasteiger partial charge is 0.493 e. The number of benzene rings is 1. The van der Waals surface area contributed by atoms with Gasteiger partial charge >= 0.3 is 5.97 Å². The van der Waals surface area contributed by atoms with Gasteiger partial charge in [0.1, 0.15) is 0 Å². The van der Waals surface area contributed by atoms with Crippen molar-refractivity contribution in [3.05, 3.63) is 17.7 Å². The van der Waals surface area contributed by atoms with Crippen LogP contribution in [0.25, 0.3) is 0 Å². The second-order valence-electron chi connectivity index (χ2n) is 4.45. The topological polar surface area (TPSA) is 59.0 Å². The Morgan fingerprint density at radius 2 is 2.00 bits per heavy atom. The smallest absolute Gasteiger partial charge is 0.337 e. The molecule has 5 nitrogen and oxygen atoms in total. The molecular formula is C14H19NO4. The Morgan fingerprint density at radius 3 is 2.53 bits per heavy atom. The van der Waals surface area contributed by atoms with Crippen LogP contribution < -0.4 is 14.4 Å². The number of methoxy groups -OCH3 is 1. The lowest BCUT2D eigenvalue weighted by atomic mass is 10.1. The summed E-state index contributed by atoms with van der Waals surface area (Å²) in [6.07, 6.45) is 2.18. The molecule has 1 heterocycles. The molecule has 1 aliphatic rings. The third kappa shape index (κ3) is 2.75. The minimum absolute atomic E-state index is 0.270. The monoisotopic (exact) mass is 265 g/mol. The zero-order valence-electron chi connectivity index (χ0n) is 11.3. The number of carboxylic acids is 1. The van der Waals surface area contributed by atoms with Gasteiger partial charge in [0.25, 0.3) is 0 Å². The highest BCUT2D eigenvalue weighted by molar-refractivity contribution is 5.95. The summed E-state index contributed by atoms with van der Waals surface area (Å²) in [6.45, 7) is 4.10. The van der Waals surface area contributed by atoms with E-state index in [-0.39, 0.29) is 5.56 Å². The quantitative estimate of drug-likeness (QED) is 0.885. The number of hydrogen-bond acceptors (Lipinski definition) is 4. The molecule has 0 bridgehead atoms. The lowest BCUT2D eigenvalue weighted by Crippen LogP contribution is -2.21. The molecule has 1 aromatic carbocycles. The van der Waals surface area contributed by atoms with Crippen molar-refractivity contribution in [2.24, 2.45) is 0 Å². The van der Waals surface area contributed by atoms with Crippen molar-refractivity contribution in [2.45, 2.75) is 19.8 Å². The molecule has 0 radical (unpaired) electrons. The zero-order chi connectivity index (χ0) is 13.8. The van der Waals surface area contributed by atoms with Crippen LogP contribution in [0.2, 0.25) is 0 Å². The van der Waals surface area contributed by atoms with Gasteiger partial charge in [-0.15, -0.1) is 0 Å². The van der Waals surface area contributed by atoms with Crippen molar-refractivity contribution >= 4 is 11.7 Å². The highest BCUT2D eigenvalue weighted by atomic mass is 16.5. The van der Waals surface area contributed by atoms with Gasteiger partial charge in [-0.05, 0) is 19.8 Å². The average molecular weight is 265 g/mol. The highest BCUT2D eigenvalue weighted by Gasteiger charge is 2.22. The predicted octanol–water partition coefficient (Wildman–Crippen LogP) is 2.39. The Bertz CT molecular complexity index is 467. The molecule has 1 fully saturated rings. The van der Waals surface area contributed by atoms with Gasteiger partial charge in [-0.2, -0.15) is 0 Å². The molecule has 1 aromatic rings. The summed E-state index contributed by atoms with van der Waals surface area (Å²) < 4.78 is 10.7. The summed E-state index contributed by atoms with van der Waals surface area (Å²) in [6, 6.07) is 3.32. The number of ether oxygens (including phenoxy) is 2. The summed E-state index contributed by atoms with van der Waals surface area (Å²) >= 11 is 0. The van der Waals surface area contributed by atoms with Gasteiger partial charge < -0.3 is 19.5 Å². The van der Waals surface area contributed by atoms with E-state index in [1.54, 1.807) is 19.2 Å². The predicted molar refractivity (Wildman–Crippen MR) is 72.6 cm³/mol. The molecule has 1 aliphatic heterocycles. The maximum absolute atomic E-state index is 11.4. The number of rotatable bonds is 5. The summed E-state index contributed by atoms with van der Waals surface area (Å²) in [5, 5.41) is 9.36. The van der Waals surface area contributed by atoms with E-state index in [9.17, 15) is 9.90 Å². The van der Waals surface area contributed by atoms with Crippen LogP contribution in [0.3, 0.4) is 0 Å². The second kappa shape index (κ2) is 5.82. The lowest BCUT2D eigenvalue weighted by Gasteiger charge is -2.22. The van der Waals surface area contributed by atoms with E-state index >= 15 is 0 Å². The van der Waals surface area contributed by atoms with Crippen molar-refractivity contribution in [3.63, 3.8) is 0 Å². The molecule has 0 aromatic heterocycles. The minimum atomic E-state index is -0.939. The number of aromatic carboxylic acids is 1. The fraction of sp³-hybridized carbons (Fsp3) is 0.500. The summed E-state index contributed by atoms with van der Waals surface area (Å²) in [5.74, 6) is 0.115. The van der Waals surface area contributed by atoms with E-state index in [1.807, 2.05) is 6.92 Å². The number of carboxylic acid groups (broad SMARTS) is 1. The zero-order valence-corrected chi connectivity index (χ0v) is 11.3. The molecule has 0 spiro atoms. The fourth-order valence-corrected chi connectivity index (χ4v) is 2.37. The Kier molecular flexibility index (Phi) is 4.14. The Balaban J connectivity index is 2.47. The molecule has 0 amide bonds. The van der Waals surface area contributed by atoms with E-state index in [0.717, 1.165) is 25.9 Å². The molecule has 0 unspecified atom stereocenters. The maximum atomic E-state index is 11.4. The molecule has 19 heavy (non-hydrogen) atoms. The van der Waals surface area contributed by atoms with Crippen LogP contribution in [0, 0.1) is 0 Å². The number of anilines is 1. The second-order valence-corrected chi connectivity index (χ2v) is 4.45. The van der Waals surface area contributed by atoms with Crippen LogP contribution in [0.1, 0.15) is 30.1 Å². The minimum Gasteiger partial charge on any atom is -0.493 e. The Labute approximate surface area is 112 Å². The molecule has 2 rings (SSSR count). The first kappa shape index (κ1) is 13.5. The Morgan fingerprint density at radius 1 is 1.32 bits per heavy atom. The number of nitrogens with zero attached hydrogens (tertiary/aromatic N) is 1. The van der Waals surface area contributed by atoms with Gasteiger partial charge in [0, 0.05) is 25.2 Å². The van der Waals surface area contributed by atoms with E-state index < -0.39 is 5.97 Å². The molecular weight excluding hydrogens is 246 g/mol. The van der Waals surface area contributed by atoms with Crippen molar-refractivity contribution in [1.82, 2.24) is 0 Å². The normalized spacial score (nSPS) is 14.5. The Hall–Kier alpha value is -1.91. The van der Waals surface area contributed by atoms with Gasteiger partial charge in [-0.25, -0.2) is 4.79 Å². The molecule has 0 saturated carbocycles. The molecule has 0 aliphatic carbocycles. The van der Waals surface area contributed by atoms with Crippen LogP contribution in [0.4, 0.5) is 5.69 Å². The fourth-order valence-electron chi connectivity index (χ4n) is 2.37. The van der Waals surface area contributed by atoms with E-state index in [2.05, 4.69) is 4.90 Å². The van der Waals surface area contributed by atoms with E-state index in [4.69, 9.17) is 9.47 Å². The van der Waals surface area contributed by atoms with Crippen LogP contribution in [-0.2, 0) is 0 Å². The van der Waals surface area contributed by atoms with Crippen molar-refractivity contribution in [3.8, 4) is 11.5 Å². The van der Waals surface area contributed by atoms with Crippen LogP contribution in [-0.4, -0.2) is 37.9 Å². The van der Waals surface area contributed by atoms with Gasteiger partial charge in [-0.3, -0.25) is 0 Å². The molecule has 1 saturated heterocycles. The van der Waals surface area contributed by atoms with Crippen molar-refractivity contribution in [2.75, 3.05) is 31.7 Å². The molecule has 0 atom stereocenters. The van der Waals surface area contributed by atoms with Crippen molar-refractivity contribution in [1.29, 1.82) is 0 Å².